The van der Waals surface area contributed by atoms with E-state index in [9.17, 15) is 24.3 Å². The summed E-state index contributed by atoms with van der Waals surface area (Å²) in [5.41, 5.74) is -0.739. The van der Waals surface area contributed by atoms with Crippen LogP contribution in [-0.4, -0.2) is 81.0 Å². The Balaban J connectivity index is 1.51. The van der Waals surface area contributed by atoms with Gasteiger partial charge in [-0.3, -0.25) is 9.59 Å². The highest BCUT2D eigenvalue weighted by Crippen LogP contribution is 2.45. The fourth-order valence-corrected chi connectivity index (χ4v) is 6.70. The van der Waals surface area contributed by atoms with Crippen molar-refractivity contribution in [3.8, 4) is 17.0 Å². The number of benzene rings is 2. The van der Waals surface area contributed by atoms with Crippen LogP contribution in [0, 0.1) is 11.3 Å². The molecule has 3 N–H and O–H groups in total. The lowest BCUT2D eigenvalue weighted by molar-refractivity contribution is -0.146. The molecule has 3 aromatic rings. The first kappa shape index (κ1) is 36.7. The molecule has 2 fully saturated rings. The Bertz CT molecular complexity index is 1800. The number of carboxylic acid groups (broad SMARTS) is 1. The number of hydrogen-bond donors (Lipinski definition) is 3. The van der Waals surface area contributed by atoms with Crippen LogP contribution in [0.1, 0.15) is 54.4 Å². The van der Waals surface area contributed by atoms with E-state index in [-0.39, 0.29) is 19.4 Å². The Morgan fingerprint density at radius 2 is 1.78 bits per heavy atom. The van der Waals surface area contributed by atoms with Gasteiger partial charge in [0.15, 0.2) is 0 Å². The zero-order chi connectivity index (χ0) is 36.6. The van der Waals surface area contributed by atoms with Gasteiger partial charge in [0.05, 0.1) is 17.8 Å². The number of aromatic nitrogens is 1. The molecule has 50 heavy (non-hydrogen) atoms. The number of aliphatic carboxylic acids is 1. The summed E-state index contributed by atoms with van der Waals surface area (Å²) in [5, 5.41) is 16.2. The van der Waals surface area contributed by atoms with Gasteiger partial charge in [0.25, 0.3) is 0 Å². The molecule has 2 heterocycles. The standard InChI is InChI=1S/C38H46N4O7S/c1-9-23-20-38(23,34(45)46)41-32(43)29-17-24(21-42(29)33(44)31(36(2,3)4)40-35(47)49-37(5,6)7)48-30-19-27(22-13-11-10-12-14-22)39-28-18-25(50-8)15-16-26(28)30/h9-16,18-19,23-24,29,31H,1,17,20-21H2,2-8H3,(H,40,47)(H,41,43)(H,45,46)/t23-,24-,29+,31-,38-/m1/s1. The largest absolute Gasteiger partial charge is 0.488 e. The summed E-state index contributed by atoms with van der Waals surface area (Å²) in [7, 11) is 0. The number of carbonyl (C=O) groups is 4. The van der Waals surface area contributed by atoms with Crippen LogP contribution >= 0.6 is 11.8 Å². The van der Waals surface area contributed by atoms with Crippen LogP contribution in [0.2, 0.25) is 0 Å². The Morgan fingerprint density at radius 1 is 1.08 bits per heavy atom. The van der Waals surface area contributed by atoms with Crippen molar-refractivity contribution in [2.24, 2.45) is 11.3 Å². The average Bonchev–Trinajstić information content (AvgIpc) is 3.61. The zero-order valence-electron chi connectivity index (χ0n) is 29.6. The van der Waals surface area contributed by atoms with Crippen LogP contribution in [0.3, 0.4) is 0 Å². The van der Waals surface area contributed by atoms with Crippen molar-refractivity contribution in [3.05, 3.63) is 67.3 Å². The second-order valence-electron chi connectivity index (χ2n) is 15.0. The number of carboxylic acids is 1. The molecule has 1 aromatic heterocycles. The first-order valence-electron chi connectivity index (χ1n) is 16.6. The van der Waals surface area contributed by atoms with Gasteiger partial charge in [-0.05, 0) is 57.1 Å². The third-order valence-electron chi connectivity index (χ3n) is 8.99. The number of nitrogens with zero attached hydrogens (tertiary/aromatic N) is 2. The molecule has 11 nitrogen and oxygen atoms in total. The third-order valence-corrected chi connectivity index (χ3v) is 9.72. The second-order valence-corrected chi connectivity index (χ2v) is 15.9. The highest BCUT2D eigenvalue weighted by atomic mass is 32.2. The molecule has 0 unspecified atom stereocenters. The summed E-state index contributed by atoms with van der Waals surface area (Å²) in [4.78, 5) is 61.0. The van der Waals surface area contributed by atoms with Crippen molar-refractivity contribution in [2.75, 3.05) is 12.8 Å². The minimum atomic E-state index is -1.49. The molecule has 0 spiro atoms. The fraction of sp³-hybridized carbons (Fsp3) is 0.447. The van der Waals surface area contributed by atoms with Gasteiger partial charge in [0.2, 0.25) is 11.8 Å². The second kappa shape index (κ2) is 14.0. The van der Waals surface area contributed by atoms with Gasteiger partial charge >= 0.3 is 12.1 Å². The molecule has 3 amide bonds. The summed E-state index contributed by atoms with van der Waals surface area (Å²) in [5.74, 6) is -2.20. The Labute approximate surface area is 297 Å². The van der Waals surface area contributed by atoms with Gasteiger partial charge in [-0.15, -0.1) is 18.3 Å². The summed E-state index contributed by atoms with van der Waals surface area (Å²) in [6.07, 6.45) is 2.37. The van der Waals surface area contributed by atoms with Crippen LogP contribution in [0.15, 0.2) is 72.1 Å². The minimum Gasteiger partial charge on any atom is -0.488 e. The van der Waals surface area contributed by atoms with Gasteiger partial charge in [-0.1, -0.05) is 57.2 Å². The van der Waals surface area contributed by atoms with E-state index in [2.05, 4.69) is 17.2 Å². The summed E-state index contributed by atoms with van der Waals surface area (Å²) < 4.78 is 12.1. The molecule has 0 bridgehead atoms. The smallest absolute Gasteiger partial charge is 0.408 e. The molecule has 1 aliphatic heterocycles. The monoisotopic (exact) mass is 702 g/mol. The predicted molar refractivity (Wildman–Crippen MR) is 193 cm³/mol. The van der Waals surface area contributed by atoms with E-state index in [1.54, 1.807) is 53.3 Å². The molecule has 1 aliphatic carbocycles. The van der Waals surface area contributed by atoms with E-state index in [1.807, 2.05) is 60.9 Å². The predicted octanol–water partition coefficient (Wildman–Crippen LogP) is 6.06. The molecule has 1 saturated carbocycles. The average molecular weight is 703 g/mol. The number of amides is 3. The van der Waals surface area contributed by atoms with Crippen molar-refractivity contribution in [3.63, 3.8) is 0 Å². The number of nitrogens with one attached hydrogen (secondary N) is 2. The maximum absolute atomic E-state index is 14.4. The lowest BCUT2D eigenvalue weighted by Gasteiger charge is -2.35. The van der Waals surface area contributed by atoms with Gasteiger partial charge in [0, 0.05) is 34.3 Å². The van der Waals surface area contributed by atoms with Gasteiger partial charge in [-0.2, -0.15) is 0 Å². The highest BCUT2D eigenvalue weighted by Gasteiger charge is 2.61. The third kappa shape index (κ3) is 7.90. The lowest BCUT2D eigenvalue weighted by Crippen LogP contribution is -2.59. The van der Waals surface area contributed by atoms with E-state index in [0.717, 1.165) is 21.4 Å². The highest BCUT2D eigenvalue weighted by molar-refractivity contribution is 7.98. The number of pyridine rings is 1. The van der Waals surface area contributed by atoms with E-state index >= 15 is 0 Å². The van der Waals surface area contributed by atoms with Crippen molar-refractivity contribution < 1.29 is 33.8 Å². The number of rotatable bonds is 10. The van der Waals surface area contributed by atoms with Crippen LogP contribution in [0.4, 0.5) is 4.79 Å². The van der Waals surface area contributed by atoms with Crippen LogP contribution in [0.25, 0.3) is 22.2 Å². The van der Waals surface area contributed by atoms with E-state index in [1.165, 1.54) is 11.0 Å². The minimum absolute atomic E-state index is 0.0117. The molecular weight excluding hydrogens is 657 g/mol. The number of carbonyl (C=O) groups excluding carboxylic acids is 3. The van der Waals surface area contributed by atoms with E-state index in [0.29, 0.717) is 11.4 Å². The first-order chi connectivity index (χ1) is 23.5. The van der Waals surface area contributed by atoms with Crippen molar-refractivity contribution in [1.82, 2.24) is 20.5 Å². The van der Waals surface area contributed by atoms with Crippen molar-refractivity contribution >= 4 is 46.5 Å². The molecular formula is C38H46N4O7S. The molecule has 2 aromatic carbocycles. The molecule has 2 aliphatic rings. The van der Waals surface area contributed by atoms with Crippen LogP contribution < -0.4 is 15.4 Å². The molecule has 266 valence electrons. The fourth-order valence-electron chi connectivity index (χ4n) is 6.27. The van der Waals surface area contributed by atoms with Crippen LogP contribution in [0.5, 0.6) is 5.75 Å². The van der Waals surface area contributed by atoms with Gasteiger partial charge < -0.3 is 30.1 Å². The van der Waals surface area contributed by atoms with Gasteiger partial charge in [0.1, 0.15) is 35.1 Å². The number of thioether (sulfide) groups is 1. The van der Waals surface area contributed by atoms with Crippen LogP contribution in [-0.2, 0) is 19.1 Å². The number of ether oxygens (including phenoxy) is 2. The molecule has 5 atom stereocenters. The summed E-state index contributed by atoms with van der Waals surface area (Å²) >= 11 is 1.60. The number of alkyl carbamates (subject to hydrolysis) is 1. The van der Waals surface area contributed by atoms with Crippen molar-refractivity contribution in [1.29, 1.82) is 0 Å². The SMILES string of the molecule is C=C[C@@H]1C[C@]1(NC(=O)[C@@H]1C[C@@H](Oc2cc(-c3ccccc3)nc3cc(SC)ccc23)CN1C(=O)[C@@H](NC(=O)OC(C)(C)C)C(C)(C)C)C(=O)O. The topological polar surface area (TPSA) is 147 Å². The quantitative estimate of drug-likeness (QED) is 0.170. The van der Waals surface area contributed by atoms with E-state index in [4.69, 9.17) is 14.5 Å². The molecule has 12 heteroatoms. The molecule has 1 saturated heterocycles. The summed E-state index contributed by atoms with van der Waals surface area (Å²) in [6.45, 7) is 14.3. The lowest BCUT2D eigenvalue weighted by atomic mass is 9.85. The van der Waals surface area contributed by atoms with Crippen molar-refractivity contribution in [2.45, 2.75) is 88.6 Å². The molecule has 0 radical (unpaired) electrons. The summed E-state index contributed by atoms with van der Waals surface area (Å²) in [6, 6.07) is 15.3. The Morgan fingerprint density at radius 3 is 2.36 bits per heavy atom. The normalized spacial score (nSPS) is 22.4. The maximum Gasteiger partial charge on any atom is 0.408 e. The Kier molecular flexibility index (Phi) is 10.3. The number of fused-ring (bicyclic) bond motifs is 1. The Hall–Kier alpha value is -4.58. The first-order valence-corrected chi connectivity index (χ1v) is 17.9. The maximum atomic E-state index is 14.4. The zero-order valence-corrected chi connectivity index (χ0v) is 30.4. The van der Waals surface area contributed by atoms with Gasteiger partial charge in [-0.25, -0.2) is 14.6 Å². The van der Waals surface area contributed by atoms with E-state index < -0.39 is 64.5 Å². The number of hydrogen-bond acceptors (Lipinski definition) is 8. The molecule has 5 rings (SSSR count). The number of likely N-dealkylation sites (tertiary alicyclic amines) is 1.